The molecule has 0 spiro atoms. The number of unbranched alkanes of at least 4 members (excludes halogenated alkanes) is 4. The Morgan fingerprint density at radius 1 is 1.10 bits per heavy atom. The van der Waals surface area contributed by atoms with Crippen molar-refractivity contribution in [3.8, 4) is 0 Å². The third-order valence-electron chi connectivity index (χ3n) is 2.97. The minimum atomic E-state index is -3.78. The average molecular weight is 297 g/mol. The van der Waals surface area contributed by atoms with E-state index < -0.39 is 10.1 Å². The Bertz CT molecular complexity index is 509. The highest BCUT2D eigenvalue weighted by atomic mass is 32.2. The Morgan fingerprint density at radius 2 is 1.75 bits per heavy atom. The van der Waals surface area contributed by atoms with Gasteiger partial charge < -0.3 is 0 Å². The van der Waals surface area contributed by atoms with Crippen molar-refractivity contribution in [3.63, 3.8) is 0 Å². The Balaban J connectivity index is 2.42. The zero-order valence-electron chi connectivity index (χ0n) is 12.2. The molecule has 0 amide bonds. The van der Waals surface area contributed by atoms with Gasteiger partial charge in [-0.25, -0.2) is 0 Å². The van der Waals surface area contributed by atoms with E-state index in [4.69, 9.17) is 4.28 Å². The second-order valence-electron chi connectivity index (χ2n) is 4.83. The predicted octanol–water partition coefficient (Wildman–Crippen LogP) is 4.13. The molecule has 0 saturated carbocycles. The summed E-state index contributed by atoms with van der Waals surface area (Å²) in [6, 6.07) is 8.04. The normalized spacial score (nSPS) is 12.4. The summed E-state index contributed by atoms with van der Waals surface area (Å²) < 4.78 is 28.4. The lowest BCUT2D eigenvalue weighted by molar-refractivity contribution is 0.337. The molecule has 0 bridgehead atoms. The van der Waals surface area contributed by atoms with Crippen LogP contribution in [0, 0.1) is 0 Å². The van der Waals surface area contributed by atoms with Crippen LogP contribution in [-0.2, 0) is 14.4 Å². The summed E-state index contributed by atoms with van der Waals surface area (Å²) in [4.78, 5) is 0.125. The first-order valence-electron chi connectivity index (χ1n) is 7.08. The number of oxime groups is 1. The van der Waals surface area contributed by atoms with Crippen molar-refractivity contribution in [2.24, 2.45) is 5.16 Å². The van der Waals surface area contributed by atoms with Crippen LogP contribution in [-0.4, -0.2) is 14.1 Å². The van der Waals surface area contributed by atoms with E-state index in [1.54, 1.807) is 25.1 Å². The minimum absolute atomic E-state index is 0.125. The molecule has 0 saturated heterocycles. The average Bonchev–Trinajstić information content (AvgIpc) is 2.46. The van der Waals surface area contributed by atoms with E-state index in [-0.39, 0.29) is 4.90 Å². The molecule has 4 nitrogen and oxygen atoms in total. The van der Waals surface area contributed by atoms with Crippen LogP contribution in [0.15, 0.2) is 40.4 Å². The molecule has 0 aliphatic carbocycles. The van der Waals surface area contributed by atoms with Gasteiger partial charge in [-0.05, 0) is 31.9 Å². The van der Waals surface area contributed by atoms with Crippen LogP contribution in [0.25, 0.3) is 0 Å². The number of rotatable bonds is 9. The zero-order valence-corrected chi connectivity index (χ0v) is 13.0. The van der Waals surface area contributed by atoms with Crippen molar-refractivity contribution in [2.75, 3.05) is 0 Å². The lowest BCUT2D eigenvalue weighted by atomic mass is 10.1. The number of hydrogen-bond donors (Lipinski definition) is 0. The van der Waals surface area contributed by atoms with Crippen LogP contribution in [0.2, 0.25) is 0 Å². The van der Waals surface area contributed by atoms with Gasteiger partial charge in [0.25, 0.3) is 0 Å². The van der Waals surface area contributed by atoms with Crippen molar-refractivity contribution < 1.29 is 12.7 Å². The van der Waals surface area contributed by atoms with Gasteiger partial charge >= 0.3 is 10.1 Å². The van der Waals surface area contributed by atoms with Gasteiger partial charge in [0.2, 0.25) is 0 Å². The molecule has 112 valence electrons. The summed E-state index contributed by atoms with van der Waals surface area (Å²) in [5.74, 6) is 0. The van der Waals surface area contributed by atoms with E-state index in [0.29, 0.717) is 5.71 Å². The molecular formula is C15H23NO3S. The van der Waals surface area contributed by atoms with Gasteiger partial charge in [0.1, 0.15) is 4.90 Å². The molecule has 0 fully saturated rings. The quantitative estimate of drug-likeness (QED) is 0.391. The maximum absolute atomic E-state index is 11.8. The van der Waals surface area contributed by atoms with Gasteiger partial charge in [0, 0.05) is 0 Å². The fourth-order valence-corrected chi connectivity index (χ4v) is 2.57. The Labute approximate surface area is 122 Å². The Kier molecular flexibility index (Phi) is 7.30. The van der Waals surface area contributed by atoms with Gasteiger partial charge in [-0.3, -0.25) is 4.28 Å². The van der Waals surface area contributed by atoms with Crippen LogP contribution in [0.1, 0.15) is 52.4 Å². The van der Waals surface area contributed by atoms with Gasteiger partial charge in [-0.15, -0.1) is 0 Å². The van der Waals surface area contributed by atoms with Crippen molar-refractivity contribution in [3.05, 3.63) is 30.3 Å². The first-order valence-corrected chi connectivity index (χ1v) is 8.49. The van der Waals surface area contributed by atoms with Crippen LogP contribution >= 0.6 is 0 Å². The third kappa shape index (κ3) is 6.19. The summed E-state index contributed by atoms with van der Waals surface area (Å²) in [5, 5.41) is 3.72. The van der Waals surface area contributed by atoms with Gasteiger partial charge in [-0.2, -0.15) is 8.42 Å². The summed E-state index contributed by atoms with van der Waals surface area (Å²) in [7, 11) is -3.78. The number of benzene rings is 1. The van der Waals surface area contributed by atoms with E-state index in [1.165, 1.54) is 31.4 Å². The van der Waals surface area contributed by atoms with Gasteiger partial charge in [0.15, 0.2) is 0 Å². The molecular weight excluding hydrogens is 274 g/mol. The molecule has 1 rings (SSSR count). The highest BCUT2D eigenvalue weighted by Crippen LogP contribution is 2.12. The van der Waals surface area contributed by atoms with E-state index in [2.05, 4.69) is 12.1 Å². The van der Waals surface area contributed by atoms with E-state index in [1.807, 2.05) is 0 Å². The third-order valence-corrected chi connectivity index (χ3v) is 4.09. The molecule has 0 aromatic heterocycles. The first-order chi connectivity index (χ1) is 9.56. The molecule has 0 aliphatic rings. The summed E-state index contributed by atoms with van der Waals surface area (Å²) in [6.45, 7) is 3.97. The van der Waals surface area contributed by atoms with E-state index in [0.717, 1.165) is 19.3 Å². The van der Waals surface area contributed by atoms with Crippen molar-refractivity contribution in [1.82, 2.24) is 0 Å². The maximum Gasteiger partial charge on any atom is 0.358 e. The van der Waals surface area contributed by atoms with Crippen molar-refractivity contribution in [2.45, 2.75) is 57.3 Å². The SMILES string of the molecule is CCCCCCCC(C)=NOS(=O)(=O)c1ccccc1. The lowest BCUT2D eigenvalue weighted by Gasteiger charge is -2.03. The predicted molar refractivity (Wildman–Crippen MR) is 81.2 cm³/mol. The minimum Gasteiger partial charge on any atom is -0.265 e. The molecule has 0 radical (unpaired) electrons. The zero-order chi connectivity index (χ0) is 14.8. The summed E-state index contributed by atoms with van der Waals surface area (Å²) >= 11 is 0. The monoisotopic (exact) mass is 297 g/mol. The molecule has 0 atom stereocenters. The maximum atomic E-state index is 11.8. The van der Waals surface area contributed by atoms with Gasteiger partial charge in [-0.1, -0.05) is 56.0 Å². The first kappa shape index (κ1) is 16.7. The molecule has 20 heavy (non-hydrogen) atoms. The summed E-state index contributed by atoms with van der Waals surface area (Å²) in [5.41, 5.74) is 0.709. The number of hydrogen-bond acceptors (Lipinski definition) is 4. The molecule has 0 aliphatic heterocycles. The molecule has 0 unspecified atom stereocenters. The standard InChI is InChI=1S/C15H23NO3S/c1-3-4-5-6-8-11-14(2)16-19-20(17,18)15-12-9-7-10-13-15/h7,9-10,12-13H,3-6,8,11H2,1-2H3. The molecule has 1 aromatic carbocycles. The Morgan fingerprint density at radius 3 is 2.40 bits per heavy atom. The second-order valence-corrected chi connectivity index (χ2v) is 6.36. The second kappa shape index (κ2) is 8.74. The fourth-order valence-electron chi connectivity index (χ4n) is 1.77. The van der Waals surface area contributed by atoms with Crippen LogP contribution in [0.3, 0.4) is 0 Å². The van der Waals surface area contributed by atoms with E-state index in [9.17, 15) is 8.42 Å². The molecule has 1 aromatic rings. The lowest BCUT2D eigenvalue weighted by Crippen LogP contribution is -2.04. The number of nitrogens with zero attached hydrogens (tertiary/aromatic N) is 1. The van der Waals surface area contributed by atoms with Crippen LogP contribution in [0.5, 0.6) is 0 Å². The van der Waals surface area contributed by atoms with Crippen LogP contribution < -0.4 is 0 Å². The highest BCUT2D eigenvalue weighted by Gasteiger charge is 2.14. The van der Waals surface area contributed by atoms with Crippen LogP contribution in [0.4, 0.5) is 0 Å². The van der Waals surface area contributed by atoms with Crippen molar-refractivity contribution >= 4 is 15.8 Å². The van der Waals surface area contributed by atoms with E-state index >= 15 is 0 Å². The molecule has 5 heteroatoms. The topological polar surface area (TPSA) is 55.7 Å². The van der Waals surface area contributed by atoms with Crippen molar-refractivity contribution in [1.29, 1.82) is 0 Å². The van der Waals surface area contributed by atoms with Gasteiger partial charge in [0.05, 0.1) is 5.71 Å². The highest BCUT2D eigenvalue weighted by molar-refractivity contribution is 7.86. The Hall–Kier alpha value is -1.36. The smallest absolute Gasteiger partial charge is 0.265 e. The molecule has 0 heterocycles. The summed E-state index contributed by atoms with van der Waals surface area (Å²) in [6.07, 6.45) is 6.61. The fraction of sp³-hybridized carbons (Fsp3) is 0.533. The molecule has 0 N–H and O–H groups in total. The largest absolute Gasteiger partial charge is 0.358 e.